The van der Waals surface area contributed by atoms with Crippen LogP contribution in [0.25, 0.3) is 0 Å². The highest BCUT2D eigenvalue weighted by Gasteiger charge is 2.38. The van der Waals surface area contributed by atoms with Crippen LogP contribution in [0.15, 0.2) is 115 Å². The van der Waals surface area contributed by atoms with E-state index in [1.165, 1.54) is 53.4 Å². The molecular formula is C39H46N2O. The number of carbonyl (C=O) groups is 1. The molecule has 2 atom stereocenters. The smallest absolute Gasteiger partial charge is 0.137 e. The number of rotatable bonds is 12. The lowest BCUT2D eigenvalue weighted by atomic mass is 9.65. The lowest BCUT2D eigenvalue weighted by Crippen LogP contribution is -2.44. The van der Waals surface area contributed by atoms with E-state index >= 15 is 0 Å². The van der Waals surface area contributed by atoms with Gasteiger partial charge in [0.2, 0.25) is 0 Å². The SMILES string of the molecule is CCN(CCN1CCCCCC1C=O)C(C)Cc1ccc(C(c2ccccc2)(c2ccccc2)c2ccccc2)cc1. The van der Waals surface area contributed by atoms with E-state index in [9.17, 15) is 4.79 Å². The standard InChI is InChI=1S/C39H46N2O/c1-3-40(28-29-41-27-15-7-14-22-38(41)31-42)32(2)30-33-23-25-37(26-24-33)39(34-16-8-4-9-17-34,35-18-10-5-11-19-35)36-20-12-6-13-21-36/h4-6,8-13,16-21,23-26,31-32,38H,3,7,14-15,22,27-30H2,1-2H3. The Kier molecular flexibility index (Phi) is 10.4. The van der Waals surface area contributed by atoms with Gasteiger partial charge in [0.05, 0.1) is 11.5 Å². The van der Waals surface area contributed by atoms with Gasteiger partial charge in [-0.05, 0) is 67.1 Å². The highest BCUT2D eigenvalue weighted by molar-refractivity contribution is 5.60. The molecule has 0 amide bonds. The molecule has 0 aromatic heterocycles. The maximum Gasteiger partial charge on any atom is 0.137 e. The number of likely N-dealkylation sites (N-methyl/N-ethyl adjacent to an activating group) is 1. The summed E-state index contributed by atoms with van der Waals surface area (Å²) in [4.78, 5) is 16.7. The molecule has 1 aliphatic rings. The summed E-state index contributed by atoms with van der Waals surface area (Å²) >= 11 is 0. The summed E-state index contributed by atoms with van der Waals surface area (Å²) in [6, 6.07) is 42.6. The minimum atomic E-state index is -0.411. The number of hydrogen-bond acceptors (Lipinski definition) is 3. The molecule has 4 aromatic rings. The molecule has 1 saturated heterocycles. The topological polar surface area (TPSA) is 23.6 Å². The van der Waals surface area contributed by atoms with E-state index in [4.69, 9.17) is 0 Å². The fraction of sp³-hybridized carbons (Fsp3) is 0.359. The Labute approximate surface area is 253 Å². The van der Waals surface area contributed by atoms with Gasteiger partial charge in [-0.15, -0.1) is 0 Å². The summed E-state index contributed by atoms with van der Waals surface area (Å²) in [7, 11) is 0. The lowest BCUT2D eigenvalue weighted by molar-refractivity contribution is -0.112. The number of benzene rings is 4. The Hall–Kier alpha value is -3.53. The Morgan fingerprint density at radius 3 is 1.79 bits per heavy atom. The van der Waals surface area contributed by atoms with Crippen molar-refractivity contribution in [2.45, 2.75) is 63.5 Å². The Balaban J connectivity index is 1.40. The van der Waals surface area contributed by atoms with Crippen molar-refractivity contribution < 1.29 is 4.79 Å². The normalized spacial score (nSPS) is 17.1. The van der Waals surface area contributed by atoms with Crippen LogP contribution >= 0.6 is 0 Å². The largest absolute Gasteiger partial charge is 0.302 e. The fourth-order valence-corrected chi connectivity index (χ4v) is 7.00. The van der Waals surface area contributed by atoms with Crippen LogP contribution in [0.3, 0.4) is 0 Å². The second kappa shape index (κ2) is 14.6. The molecule has 0 aliphatic carbocycles. The van der Waals surface area contributed by atoms with E-state index in [0.717, 1.165) is 39.0 Å². The van der Waals surface area contributed by atoms with E-state index in [2.05, 4.69) is 139 Å². The quantitative estimate of drug-likeness (QED) is 0.131. The molecule has 0 radical (unpaired) electrons. The van der Waals surface area contributed by atoms with E-state index in [1.54, 1.807) is 0 Å². The van der Waals surface area contributed by atoms with Crippen molar-refractivity contribution in [2.24, 2.45) is 0 Å². The van der Waals surface area contributed by atoms with Gasteiger partial charge in [-0.25, -0.2) is 0 Å². The first-order valence-corrected chi connectivity index (χ1v) is 15.9. The fourth-order valence-electron chi connectivity index (χ4n) is 7.00. The predicted molar refractivity (Wildman–Crippen MR) is 175 cm³/mol. The van der Waals surface area contributed by atoms with Gasteiger partial charge < -0.3 is 4.79 Å². The van der Waals surface area contributed by atoms with E-state index in [-0.39, 0.29) is 6.04 Å². The summed E-state index contributed by atoms with van der Waals surface area (Å²) in [6.45, 7) is 8.63. The third kappa shape index (κ3) is 6.59. The Morgan fingerprint density at radius 1 is 0.762 bits per heavy atom. The van der Waals surface area contributed by atoms with Crippen LogP contribution < -0.4 is 0 Å². The van der Waals surface area contributed by atoms with E-state index in [0.29, 0.717) is 6.04 Å². The van der Waals surface area contributed by atoms with Gasteiger partial charge in [0.15, 0.2) is 0 Å². The summed E-state index contributed by atoms with van der Waals surface area (Å²) in [5.74, 6) is 0. The zero-order valence-electron chi connectivity index (χ0n) is 25.4. The van der Waals surface area contributed by atoms with Crippen molar-refractivity contribution in [3.8, 4) is 0 Å². The maximum absolute atomic E-state index is 11.7. The molecule has 5 rings (SSSR count). The molecule has 0 N–H and O–H groups in total. The van der Waals surface area contributed by atoms with Crippen LogP contribution in [0.1, 0.15) is 67.3 Å². The van der Waals surface area contributed by atoms with Crippen LogP contribution in [-0.2, 0) is 16.6 Å². The van der Waals surface area contributed by atoms with Crippen LogP contribution in [0.4, 0.5) is 0 Å². The first-order valence-electron chi connectivity index (χ1n) is 15.9. The minimum Gasteiger partial charge on any atom is -0.302 e. The molecule has 0 bridgehead atoms. The van der Waals surface area contributed by atoms with Crippen LogP contribution in [-0.4, -0.2) is 54.3 Å². The van der Waals surface area contributed by atoms with Crippen LogP contribution in [0.5, 0.6) is 0 Å². The van der Waals surface area contributed by atoms with Crippen molar-refractivity contribution in [1.82, 2.24) is 9.80 Å². The molecule has 1 fully saturated rings. The predicted octanol–water partition coefficient (Wildman–Crippen LogP) is 7.77. The van der Waals surface area contributed by atoms with Gasteiger partial charge in [-0.2, -0.15) is 0 Å². The third-order valence-electron chi connectivity index (χ3n) is 9.31. The summed E-state index contributed by atoms with van der Waals surface area (Å²) < 4.78 is 0. The first-order chi connectivity index (χ1) is 20.7. The van der Waals surface area contributed by atoms with Crippen molar-refractivity contribution in [3.05, 3.63) is 143 Å². The van der Waals surface area contributed by atoms with Gasteiger partial charge in [-0.1, -0.05) is 135 Å². The molecule has 1 heterocycles. The summed E-state index contributed by atoms with van der Waals surface area (Å²) in [5, 5.41) is 0. The average Bonchev–Trinajstić information content (AvgIpc) is 3.29. The maximum atomic E-state index is 11.7. The molecular weight excluding hydrogens is 512 g/mol. The number of carbonyl (C=O) groups excluding carboxylic acids is 1. The van der Waals surface area contributed by atoms with Crippen molar-refractivity contribution >= 4 is 6.29 Å². The summed E-state index contributed by atoms with van der Waals surface area (Å²) in [5.41, 5.74) is 6.02. The highest BCUT2D eigenvalue weighted by atomic mass is 16.1. The van der Waals surface area contributed by atoms with Crippen LogP contribution in [0, 0.1) is 0 Å². The van der Waals surface area contributed by atoms with Gasteiger partial charge in [0.1, 0.15) is 6.29 Å². The van der Waals surface area contributed by atoms with Gasteiger partial charge >= 0.3 is 0 Å². The minimum absolute atomic E-state index is 0.0909. The zero-order chi connectivity index (χ0) is 29.2. The van der Waals surface area contributed by atoms with Crippen molar-refractivity contribution in [1.29, 1.82) is 0 Å². The molecule has 42 heavy (non-hydrogen) atoms. The number of nitrogens with zero attached hydrogens (tertiary/aromatic N) is 2. The lowest BCUT2D eigenvalue weighted by Gasteiger charge is -2.37. The molecule has 2 unspecified atom stereocenters. The summed E-state index contributed by atoms with van der Waals surface area (Å²) in [6.07, 6.45) is 6.80. The zero-order valence-corrected chi connectivity index (χ0v) is 25.4. The number of hydrogen-bond donors (Lipinski definition) is 0. The Morgan fingerprint density at radius 2 is 1.29 bits per heavy atom. The second-order valence-electron chi connectivity index (χ2n) is 11.8. The number of aldehydes is 1. The van der Waals surface area contributed by atoms with E-state index in [1.807, 2.05) is 0 Å². The monoisotopic (exact) mass is 558 g/mol. The molecule has 0 saturated carbocycles. The van der Waals surface area contributed by atoms with Crippen molar-refractivity contribution in [2.75, 3.05) is 26.2 Å². The molecule has 3 nitrogen and oxygen atoms in total. The van der Waals surface area contributed by atoms with Crippen molar-refractivity contribution in [3.63, 3.8) is 0 Å². The van der Waals surface area contributed by atoms with Gasteiger partial charge in [0.25, 0.3) is 0 Å². The Bertz CT molecular complexity index is 1260. The molecule has 0 spiro atoms. The van der Waals surface area contributed by atoms with E-state index < -0.39 is 5.41 Å². The highest BCUT2D eigenvalue weighted by Crippen LogP contribution is 2.45. The first kappa shape index (κ1) is 29.9. The van der Waals surface area contributed by atoms with Crippen LogP contribution in [0.2, 0.25) is 0 Å². The average molecular weight is 559 g/mol. The molecule has 218 valence electrons. The van der Waals surface area contributed by atoms with Gasteiger partial charge in [-0.3, -0.25) is 9.80 Å². The van der Waals surface area contributed by atoms with Gasteiger partial charge in [0, 0.05) is 19.1 Å². The molecule has 3 heteroatoms. The second-order valence-corrected chi connectivity index (χ2v) is 11.8. The molecule has 4 aromatic carbocycles. The number of likely N-dealkylation sites (tertiary alicyclic amines) is 1. The molecule has 1 aliphatic heterocycles. The third-order valence-corrected chi connectivity index (χ3v) is 9.31.